The third-order valence-corrected chi connectivity index (χ3v) is 3.24. The Balaban J connectivity index is 0.00000289. The number of hydrogen-bond donors (Lipinski definition) is 0. The summed E-state index contributed by atoms with van der Waals surface area (Å²) in [7, 11) is -8.10. The van der Waals surface area contributed by atoms with Gasteiger partial charge in [0.2, 0.25) is 10.0 Å². The maximum absolute atomic E-state index is 10.8. The van der Waals surface area contributed by atoms with Crippen LogP contribution in [0.5, 0.6) is 0 Å². The van der Waals surface area contributed by atoms with Gasteiger partial charge >= 0.3 is 29.6 Å². The Morgan fingerprint density at radius 3 is 2.22 bits per heavy atom. The molecule has 0 spiro atoms. The quantitative estimate of drug-likeness (QED) is 0.343. The summed E-state index contributed by atoms with van der Waals surface area (Å²) in [6.45, 7) is 1.64. The Labute approximate surface area is 128 Å². The molecule has 6 nitrogen and oxygen atoms in total. The zero-order chi connectivity index (χ0) is 13.3. The molecular formula is C9H10NNaO5S2. The van der Waals surface area contributed by atoms with Gasteiger partial charge in [0.1, 0.15) is 10.1 Å². The summed E-state index contributed by atoms with van der Waals surface area (Å²) in [4.78, 5) is -0.418. The van der Waals surface area contributed by atoms with Crippen molar-refractivity contribution in [1.82, 2.24) is 0 Å². The predicted octanol–water partition coefficient (Wildman–Crippen LogP) is -2.72. The first-order valence-corrected chi connectivity index (χ1v) is 7.67. The summed E-state index contributed by atoms with van der Waals surface area (Å²) in [5.74, 6) is 0. The van der Waals surface area contributed by atoms with Crippen molar-refractivity contribution in [3.8, 4) is 0 Å². The molecule has 0 heterocycles. The average molecular weight is 299 g/mol. The van der Waals surface area contributed by atoms with Crippen LogP contribution in [0.4, 0.5) is 0 Å². The molecule has 0 aliphatic heterocycles. The van der Waals surface area contributed by atoms with Crippen LogP contribution in [0.2, 0.25) is 0 Å². The van der Waals surface area contributed by atoms with Gasteiger partial charge in [0, 0.05) is 6.21 Å². The summed E-state index contributed by atoms with van der Waals surface area (Å²) in [5.41, 5.74) is 0.886. The fourth-order valence-electron chi connectivity index (χ4n) is 1.07. The molecule has 0 amide bonds. The van der Waals surface area contributed by atoms with Gasteiger partial charge in [-0.2, -0.15) is 4.40 Å². The summed E-state index contributed by atoms with van der Waals surface area (Å²) >= 11 is 0. The number of sulfonamides is 1. The molecule has 1 aromatic rings. The fraction of sp³-hybridized carbons (Fsp3) is 0.222. The molecule has 0 radical (unpaired) electrons. The summed E-state index contributed by atoms with van der Waals surface area (Å²) < 4.78 is 57.2. The number of rotatable bonds is 3. The average Bonchev–Trinajstić information content (AvgIpc) is 2.13. The Morgan fingerprint density at radius 1 is 1.22 bits per heavy atom. The summed E-state index contributed by atoms with van der Waals surface area (Å²) in [5, 5.41) is 0. The number of hydrogen-bond acceptors (Lipinski definition) is 5. The van der Waals surface area contributed by atoms with E-state index in [0.717, 1.165) is 24.6 Å². The van der Waals surface area contributed by atoms with Crippen molar-refractivity contribution < 1.29 is 50.9 Å². The van der Waals surface area contributed by atoms with E-state index < -0.39 is 25.0 Å². The van der Waals surface area contributed by atoms with Gasteiger partial charge in [0.25, 0.3) is 0 Å². The first kappa shape index (κ1) is 17.8. The normalized spacial score (nSPS) is 12.4. The molecule has 0 atom stereocenters. The van der Waals surface area contributed by atoms with E-state index in [4.69, 9.17) is 0 Å². The standard InChI is InChI=1S/C9H11NO5S2.Na/c1-7-3-4-9(17(13,14)15)5-8(7)6-10-16(2,11)12;/h3-6H,1-2H3,(H,13,14,15);/q;+1/p-1. The smallest absolute Gasteiger partial charge is 0.744 e. The zero-order valence-electron chi connectivity index (χ0n) is 10.1. The van der Waals surface area contributed by atoms with E-state index in [9.17, 15) is 21.4 Å². The molecule has 0 aliphatic carbocycles. The zero-order valence-corrected chi connectivity index (χ0v) is 13.7. The van der Waals surface area contributed by atoms with Crippen molar-refractivity contribution >= 4 is 26.4 Å². The van der Waals surface area contributed by atoms with Crippen molar-refractivity contribution in [2.75, 3.05) is 6.26 Å². The molecule has 0 aromatic heterocycles. The van der Waals surface area contributed by atoms with Gasteiger partial charge in [0.15, 0.2) is 0 Å². The molecule has 0 aliphatic rings. The molecule has 94 valence electrons. The largest absolute Gasteiger partial charge is 1.00 e. The van der Waals surface area contributed by atoms with Crippen molar-refractivity contribution in [2.24, 2.45) is 4.40 Å². The van der Waals surface area contributed by atoms with E-state index in [2.05, 4.69) is 4.40 Å². The summed E-state index contributed by atoms with van der Waals surface area (Å²) in [6, 6.07) is 3.66. The second-order valence-corrected chi connectivity index (χ2v) is 6.50. The van der Waals surface area contributed by atoms with Crippen molar-refractivity contribution in [1.29, 1.82) is 0 Å². The van der Waals surface area contributed by atoms with Crippen LogP contribution >= 0.6 is 0 Å². The first-order chi connectivity index (χ1) is 7.59. The van der Waals surface area contributed by atoms with Crippen LogP contribution in [0.15, 0.2) is 27.5 Å². The Morgan fingerprint density at radius 2 is 1.78 bits per heavy atom. The van der Waals surface area contributed by atoms with Crippen LogP contribution in [0.25, 0.3) is 0 Å². The first-order valence-electron chi connectivity index (χ1n) is 4.41. The van der Waals surface area contributed by atoms with Crippen LogP contribution in [0, 0.1) is 6.92 Å². The molecule has 0 N–H and O–H groups in total. The molecule has 0 fully saturated rings. The monoisotopic (exact) mass is 299 g/mol. The van der Waals surface area contributed by atoms with Crippen LogP contribution in [-0.4, -0.2) is 33.9 Å². The number of nitrogens with zero attached hydrogens (tertiary/aromatic N) is 1. The Hall–Kier alpha value is -0.250. The molecule has 1 rings (SSSR count). The molecule has 1 aromatic carbocycles. The van der Waals surface area contributed by atoms with Gasteiger partial charge in [-0.15, -0.1) is 0 Å². The molecule has 9 heteroatoms. The van der Waals surface area contributed by atoms with Crippen LogP contribution in [-0.2, 0) is 20.1 Å². The van der Waals surface area contributed by atoms with Gasteiger partial charge in [0.05, 0.1) is 11.2 Å². The minimum atomic E-state index is -4.56. The SMILES string of the molecule is Cc1ccc(S(=O)(=O)[O-])cc1C=NS(C)(=O)=O.[Na+]. The van der Waals surface area contributed by atoms with Crippen molar-refractivity contribution in [3.63, 3.8) is 0 Å². The van der Waals surface area contributed by atoms with Crippen LogP contribution in [0.3, 0.4) is 0 Å². The second-order valence-electron chi connectivity index (χ2n) is 3.44. The Kier molecular flexibility index (Phi) is 6.18. The van der Waals surface area contributed by atoms with Gasteiger partial charge in [-0.05, 0) is 30.2 Å². The van der Waals surface area contributed by atoms with Gasteiger partial charge in [-0.1, -0.05) is 6.07 Å². The minimum Gasteiger partial charge on any atom is -0.744 e. The second kappa shape index (κ2) is 6.27. The van der Waals surface area contributed by atoms with Crippen molar-refractivity contribution in [2.45, 2.75) is 11.8 Å². The number of benzene rings is 1. The van der Waals surface area contributed by atoms with Crippen molar-refractivity contribution in [3.05, 3.63) is 29.3 Å². The van der Waals surface area contributed by atoms with E-state index in [1.165, 1.54) is 6.07 Å². The molecule has 18 heavy (non-hydrogen) atoms. The maximum atomic E-state index is 10.8. The van der Waals surface area contributed by atoms with Crippen LogP contribution in [0.1, 0.15) is 11.1 Å². The topological polar surface area (TPSA) is 104 Å². The van der Waals surface area contributed by atoms with E-state index in [-0.39, 0.29) is 35.1 Å². The van der Waals surface area contributed by atoms with E-state index >= 15 is 0 Å². The minimum absolute atomic E-state index is 0. The molecular weight excluding hydrogens is 289 g/mol. The molecule has 0 bridgehead atoms. The van der Waals surface area contributed by atoms with Gasteiger partial charge in [-0.25, -0.2) is 16.8 Å². The van der Waals surface area contributed by atoms with E-state index in [1.807, 2.05) is 0 Å². The Bertz CT molecular complexity index is 664. The third kappa shape index (κ3) is 5.59. The maximum Gasteiger partial charge on any atom is 1.00 e. The van der Waals surface area contributed by atoms with Crippen LogP contribution < -0.4 is 29.6 Å². The number of aryl methyl sites for hydroxylation is 1. The molecule has 0 unspecified atom stereocenters. The van der Waals surface area contributed by atoms with Gasteiger partial charge < -0.3 is 4.55 Å². The molecule has 0 saturated heterocycles. The summed E-state index contributed by atoms with van der Waals surface area (Å²) in [6.07, 6.45) is 1.92. The fourth-order valence-corrected chi connectivity index (χ4v) is 1.88. The predicted molar refractivity (Wildman–Crippen MR) is 61.6 cm³/mol. The third-order valence-electron chi connectivity index (χ3n) is 1.92. The van der Waals surface area contributed by atoms with Gasteiger partial charge in [-0.3, -0.25) is 0 Å². The van der Waals surface area contributed by atoms with E-state index in [0.29, 0.717) is 5.56 Å². The molecule has 0 saturated carbocycles. The van der Waals surface area contributed by atoms with E-state index in [1.54, 1.807) is 6.92 Å².